The molecule has 1 saturated heterocycles. The number of carbonyl (C=O) groups is 1. The zero-order chi connectivity index (χ0) is 19.1. The lowest BCUT2D eigenvalue weighted by Crippen LogP contribution is -2.48. The van der Waals surface area contributed by atoms with Gasteiger partial charge in [0, 0.05) is 40.7 Å². The Balaban J connectivity index is 1.34. The molecule has 0 saturated carbocycles. The average molecular weight is 376 g/mol. The Morgan fingerprint density at radius 2 is 1.93 bits per heavy atom. The minimum Gasteiger partial charge on any atom is -0.358 e. The molecule has 1 unspecified atom stereocenters. The maximum atomic E-state index is 13.1. The molecule has 1 spiro atoms. The molecule has 1 fully saturated rings. The predicted octanol–water partition coefficient (Wildman–Crippen LogP) is 4.90. The van der Waals surface area contributed by atoms with E-state index >= 15 is 0 Å². The van der Waals surface area contributed by atoms with Gasteiger partial charge in [-0.15, -0.1) is 0 Å². The Morgan fingerprint density at radius 1 is 1.11 bits per heavy atom. The zero-order valence-electron chi connectivity index (χ0n) is 16.0. The lowest BCUT2D eigenvalue weighted by atomic mass is 9.78. The van der Waals surface area contributed by atoms with Gasteiger partial charge < -0.3 is 4.98 Å². The standard InChI is InChI=1S/C24H25FN2O/c25-18-8-6-17(7-9-18)23(28)11-15-27-14-3-12-24(27)13-10-22-20(16-24)19-4-1-2-5-21(19)26-22/h1-2,4-9,26H,3,10-16H2. The van der Waals surface area contributed by atoms with Gasteiger partial charge in [0.05, 0.1) is 0 Å². The Hall–Kier alpha value is -2.46. The number of hydrogen-bond donors (Lipinski definition) is 1. The second kappa shape index (κ2) is 6.85. The number of rotatable bonds is 4. The van der Waals surface area contributed by atoms with Crippen LogP contribution in [0.25, 0.3) is 10.9 Å². The van der Waals surface area contributed by atoms with Gasteiger partial charge in [0.25, 0.3) is 0 Å². The molecule has 0 radical (unpaired) electrons. The van der Waals surface area contributed by atoms with Gasteiger partial charge in [-0.25, -0.2) is 4.39 Å². The summed E-state index contributed by atoms with van der Waals surface area (Å²) in [6, 6.07) is 14.5. The van der Waals surface area contributed by atoms with E-state index in [0.29, 0.717) is 12.0 Å². The van der Waals surface area contributed by atoms with Crippen molar-refractivity contribution in [2.45, 2.75) is 44.1 Å². The van der Waals surface area contributed by atoms with E-state index in [1.807, 2.05) is 0 Å². The van der Waals surface area contributed by atoms with Crippen molar-refractivity contribution in [2.75, 3.05) is 13.1 Å². The molecule has 28 heavy (non-hydrogen) atoms. The number of aromatic amines is 1. The van der Waals surface area contributed by atoms with Crippen LogP contribution >= 0.6 is 0 Å². The number of likely N-dealkylation sites (tertiary alicyclic amines) is 1. The number of aryl methyl sites for hydroxylation is 1. The number of hydrogen-bond acceptors (Lipinski definition) is 2. The molecule has 2 heterocycles. The average Bonchev–Trinajstić information content (AvgIpc) is 3.28. The number of H-pyrrole nitrogens is 1. The summed E-state index contributed by atoms with van der Waals surface area (Å²) in [4.78, 5) is 18.7. The first-order chi connectivity index (χ1) is 13.6. The molecule has 1 aliphatic carbocycles. The van der Waals surface area contributed by atoms with Crippen molar-refractivity contribution in [1.29, 1.82) is 0 Å². The van der Waals surface area contributed by atoms with Gasteiger partial charge in [0.15, 0.2) is 5.78 Å². The Kier molecular flexibility index (Phi) is 4.31. The van der Waals surface area contributed by atoms with E-state index in [2.05, 4.69) is 34.1 Å². The zero-order valence-corrected chi connectivity index (χ0v) is 16.0. The van der Waals surface area contributed by atoms with Gasteiger partial charge in [-0.3, -0.25) is 9.69 Å². The quantitative estimate of drug-likeness (QED) is 0.657. The van der Waals surface area contributed by atoms with Crippen LogP contribution in [0.3, 0.4) is 0 Å². The topological polar surface area (TPSA) is 36.1 Å². The summed E-state index contributed by atoms with van der Waals surface area (Å²) in [7, 11) is 0. The minimum atomic E-state index is -0.299. The highest BCUT2D eigenvalue weighted by Crippen LogP contribution is 2.42. The van der Waals surface area contributed by atoms with E-state index in [1.165, 1.54) is 47.1 Å². The second-order valence-corrected chi connectivity index (χ2v) is 8.30. The minimum absolute atomic E-state index is 0.102. The fourth-order valence-electron chi connectivity index (χ4n) is 5.29. The monoisotopic (exact) mass is 376 g/mol. The first-order valence-electron chi connectivity index (χ1n) is 10.3. The molecule has 5 rings (SSSR count). The van der Waals surface area contributed by atoms with Crippen molar-refractivity contribution in [1.82, 2.24) is 9.88 Å². The Labute approximate surface area is 164 Å². The summed E-state index contributed by atoms with van der Waals surface area (Å²) in [5.41, 5.74) is 4.89. The highest BCUT2D eigenvalue weighted by molar-refractivity contribution is 5.96. The van der Waals surface area contributed by atoms with Gasteiger partial charge in [-0.1, -0.05) is 18.2 Å². The van der Waals surface area contributed by atoms with Crippen molar-refractivity contribution in [3.63, 3.8) is 0 Å². The third-order valence-electron chi connectivity index (χ3n) is 6.76. The molecule has 1 aliphatic heterocycles. The molecule has 3 aromatic rings. The highest BCUT2D eigenvalue weighted by Gasteiger charge is 2.43. The van der Waals surface area contributed by atoms with Gasteiger partial charge in [0.2, 0.25) is 0 Å². The van der Waals surface area contributed by atoms with Crippen LogP contribution in [0.5, 0.6) is 0 Å². The van der Waals surface area contributed by atoms with Crippen LogP contribution in [-0.2, 0) is 12.8 Å². The highest BCUT2D eigenvalue weighted by atomic mass is 19.1. The number of benzene rings is 2. The molecule has 2 aromatic carbocycles. The molecule has 3 nitrogen and oxygen atoms in total. The van der Waals surface area contributed by atoms with Crippen molar-refractivity contribution in [3.8, 4) is 0 Å². The number of Topliss-reactive ketones (excluding diaryl/α,β-unsaturated/α-hetero) is 1. The molecular formula is C24H25FN2O. The molecule has 1 N–H and O–H groups in total. The Bertz CT molecular complexity index is 1020. The normalized spacial score (nSPS) is 22.0. The van der Waals surface area contributed by atoms with Crippen molar-refractivity contribution in [2.24, 2.45) is 0 Å². The summed E-state index contributed by atoms with van der Waals surface area (Å²) >= 11 is 0. The summed E-state index contributed by atoms with van der Waals surface area (Å²) in [6.07, 6.45) is 6.19. The number of ketones is 1. The van der Waals surface area contributed by atoms with Crippen LogP contribution in [-0.4, -0.2) is 34.3 Å². The SMILES string of the molecule is O=C(CCN1CCCC12CCc1[nH]c3ccccc3c1C2)c1ccc(F)cc1. The van der Waals surface area contributed by atoms with Crippen LogP contribution in [0.1, 0.15) is 47.3 Å². The van der Waals surface area contributed by atoms with E-state index in [0.717, 1.165) is 32.4 Å². The summed E-state index contributed by atoms with van der Waals surface area (Å²) in [5.74, 6) is -0.197. The third-order valence-corrected chi connectivity index (χ3v) is 6.76. The Morgan fingerprint density at radius 3 is 2.79 bits per heavy atom. The van der Waals surface area contributed by atoms with Gasteiger partial charge >= 0.3 is 0 Å². The van der Waals surface area contributed by atoms with Gasteiger partial charge in [-0.2, -0.15) is 0 Å². The number of nitrogens with zero attached hydrogens (tertiary/aromatic N) is 1. The fraction of sp³-hybridized carbons (Fsp3) is 0.375. The fourth-order valence-corrected chi connectivity index (χ4v) is 5.29. The molecule has 2 aliphatic rings. The molecule has 0 amide bonds. The number of aromatic nitrogens is 1. The van der Waals surface area contributed by atoms with Crippen LogP contribution in [0.4, 0.5) is 4.39 Å². The largest absolute Gasteiger partial charge is 0.358 e. The van der Waals surface area contributed by atoms with E-state index in [9.17, 15) is 9.18 Å². The van der Waals surface area contributed by atoms with Gasteiger partial charge in [0.1, 0.15) is 5.82 Å². The predicted molar refractivity (Wildman–Crippen MR) is 109 cm³/mol. The molecule has 144 valence electrons. The smallest absolute Gasteiger partial charge is 0.164 e. The number of halogens is 1. The lowest BCUT2D eigenvalue weighted by Gasteiger charge is -2.41. The number of para-hydroxylation sites is 1. The van der Waals surface area contributed by atoms with Crippen LogP contribution in [0, 0.1) is 5.82 Å². The summed E-state index contributed by atoms with van der Waals surface area (Å²) < 4.78 is 13.1. The molecule has 1 atom stereocenters. The molecular weight excluding hydrogens is 351 g/mol. The molecule has 1 aromatic heterocycles. The van der Waals surface area contributed by atoms with E-state index in [-0.39, 0.29) is 17.1 Å². The molecule has 0 bridgehead atoms. The van der Waals surface area contributed by atoms with Gasteiger partial charge in [-0.05, 0) is 74.5 Å². The second-order valence-electron chi connectivity index (χ2n) is 8.30. The van der Waals surface area contributed by atoms with Crippen LogP contribution in [0.2, 0.25) is 0 Å². The van der Waals surface area contributed by atoms with E-state index in [1.54, 1.807) is 12.1 Å². The number of fused-ring (bicyclic) bond motifs is 3. The lowest BCUT2D eigenvalue weighted by molar-refractivity contribution is 0.0890. The van der Waals surface area contributed by atoms with Crippen molar-refractivity contribution >= 4 is 16.7 Å². The maximum absolute atomic E-state index is 13.1. The van der Waals surface area contributed by atoms with Crippen molar-refractivity contribution < 1.29 is 9.18 Å². The first-order valence-corrected chi connectivity index (χ1v) is 10.3. The third kappa shape index (κ3) is 2.96. The van der Waals surface area contributed by atoms with Crippen LogP contribution in [0.15, 0.2) is 48.5 Å². The summed E-state index contributed by atoms with van der Waals surface area (Å²) in [6.45, 7) is 1.85. The van der Waals surface area contributed by atoms with E-state index in [4.69, 9.17) is 0 Å². The number of nitrogens with one attached hydrogen (secondary N) is 1. The first kappa shape index (κ1) is 17.6. The van der Waals surface area contributed by atoms with Crippen molar-refractivity contribution in [3.05, 3.63) is 71.2 Å². The maximum Gasteiger partial charge on any atom is 0.164 e. The number of carbonyl (C=O) groups excluding carboxylic acids is 1. The van der Waals surface area contributed by atoms with E-state index < -0.39 is 0 Å². The van der Waals surface area contributed by atoms with Crippen LogP contribution < -0.4 is 0 Å². The summed E-state index contributed by atoms with van der Waals surface area (Å²) in [5, 5.41) is 1.35. The molecule has 4 heteroatoms.